The molecule has 0 saturated carbocycles. The summed E-state index contributed by atoms with van der Waals surface area (Å²) in [6, 6.07) is 2.27. The van der Waals surface area contributed by atoms with Gasteiger partial charge in [-0.25, -0.2) is 0 Å². The van der Waals surface area contributed by atoms with Crippen LogP contribution in [0.5, 0.6) is 11.5 Å². The number of thioether (sulfide) groups is 1. The number of imide groups is 1. The molecule has 1 heterocycles. The second-order valence-electron chi connectivity index (χ2n) is 4.30. The van der Waals surface area contributed by atoms with Gasteiger partial charge in [0.05, 0.1) is 23.5 Å². The summed E-state index contributed by atoms with van der Waals surface area (Å²) in [5.74, 6) is 0.512. The monoisotopic (exact) mass is 333 g/mol. The second kappa shape index (κ2) is 6.41. The number of nitrogens with zero attached hydrogens (tertiary/aromatic N) is 2. The van der Waals surface area contributed by atoms with Crippen molar-refractivity contribution in [3.05, 3.63) is 32.7 Å². The summed E-state index contributed by atoms with van der Waals surface area (Å²) < 4.78 is 4.81. The van der Waals surface area contributed by atoms with Gasteiger partial charge in [-0.05, 0) is 29.5 Å². The fourth-order valence-electron chi connectivity index (χ4n) is 1.86. The van der Waals surface area contributed by atoms with Gasteiger partial charge in [0, 0.05) is 11.8 Å². The molecular weight excluding hydrogens is 324 g/mol. The third kappa shape index (κ3) is 3.12. The van der Waals surface area contributed by atoms with Gasteiger partial charge >= 0.3 is 0 Å². The molecule has 2 rings (SSSR count). The molecule has 0 atom stereocenters. The van der Waals surface area contributed by atoms with Crippen molar-refractivity contribution in [2.75, 3.05) is 13.7 Å². The van der Waals surface area contributed by atoms with E-state index < -0.39 is 27.5 Å². The van der Waals surface area contributed by atoms with Gasteiger partial charge in [0.25, 0.3) is 16.8 Å². The zero-order valence-electron chi connectivity index (χ0n) is 11.8. The largest absolute Gasteiger partial charge is 0.865 e. The van der Waals surface area contributed by atoms with Gasteiger partial charge in [0.2, 0.25) is 0 Å². The summed E-state index contributed by atoms with van der Waals surface area (Å²) >= 11 is 0.663. The molecule has 0 aliphatic carbocycles. The van der Waals surface area contributed by atoms with Crippen molar-refractivity contribution in [2.45, 2.75) is 0 Å². The predicted molar refractivity (Wildman–Crippen MR) is 80.6 cm³/mol. The molecule has 23 heavy (non-hydrogen) atoms. The summed E-state index contributed by atoms with van der Waals surface area (Å²) in [7, 11) is 1.20. The molecule has 0 N–H and O–H groups in total. The van der Waals surface area contributed by atoms with Crippen LogP contribution in [0.25, 0.3) is 6.08 Å². The number of benzene rings is 1. The number of rotatable bonds is 4. The van der Waals surface area contributed by atoms with E-state index >= 15 is 0 Å². The molecule has 1 aromatic rings. The highest BCUT2D eigenvalue weighted by molar-refractivity contribution is 8.18. The van der Waals surface area contributed by atoms with Crippen LogP contribution in [-0.2, 0) is 4.79 Å². The summed E-state index contributed by atoms with van der Waals surface area (Å²) in [5, 5.41) is 22.1. The number of nitro benzene ring substituents is 1. The third-order valence-corrected chi connectivity index (χ3v) is 3.80. The van der Waals surface area contributed by atoms with Gasteiger partial charge in [0.15, 0.2) is 0 Å². The molecule has 1 aliphatic rings. The van der Waals surface area contributed by atoms with Gasteiger partial charge in [-0.2, -0.15) is 0 Å². The molecule has 1 saturated heterocycles. The summed E-state index contributed by atoms with van der Waals surface area (Å²) in [6.45, 7) is -0.162. The minimum atomic E-state index is -0.866. The SMILES string of the molecule is C#CCN1C(=O)S/C(=C\c2cc(OC)c([O-])c([N+](=O)[O-])c2)C1=O. The number of nitro groups is 1. The first-order valence-electron chi connectivity index (χ1n) is 6.11. The standard InChI is InChI=1S/C14H10N2O6S/c1-3-4-15-13(18)11(23-14(15)19)7-8-5-9(16(20)21)12(17)10(6-8)22-2/h1,5-7,17H,4H2,2H3/p-1/b11-7-. The molecule has 8 nitrogen and oxygen atoms in total. The summed E-state index contributed by atoms with van der Waals surface area (Å²) in [4.78, 5) is 34.7. The molecule has 118 valence electrons. The molecule has 0 spiro atoms. The van der Waals surface area contributed by atoms with Crippen LogP contribution in [0, 0.1) is 22.5 Å². The zero-order valence-corrected chi connectivity index (χ0v) is 12.6. The van der Waals surface area contributed by atoms with Crippen molar-refractivity contribution in [3.63, 3.8) is 0 Å². The Morgan fingerprint density at radius 1 is 1.48 bits per heavy atom. The lowest BCUT2D eigenvalue weighted by atomic mass is 10.1. The van der Waals surface area contributed by atoms with Crippen molar-refractivity contribution in [1.82, 2.24) is 4.90 Å². The first-order valence-corrected chi connectivity index (χ1v) is 6.93. The average molecular weight is 333 g/mol. The van der Waals surface area contributed by atoms with Crippen molar-refractivity contribution < 1.29 is 24.4 Å². The maximum absolute atomic E-state index is 12.0. The van der Waals surface area contributed by atoms with Crippen LogP contribution in [-0.4, -0.2) is 34.6 Å². The van der Waals surface area contributed by atoms with Crippen LogP contribution >= 0.6 is 11.8 Å². The predicted octanol–water partition coefficient (Wildman–Crippen LogP) is 1.35. The van der Waals surface area contributed by atoms with E-state index in [9.17, 15) is 24.8 Å². The van der Waals surface area contributed by atoms with Crippen molar-refractivity contribution in [1.29, 1.82) is 0 Å². The second-order valence-corrected chi connectivity index (χ2v) is 5.29. The number of carbonyl (C=O) groups is 2. The van der Waals surface area contributed by atoms with E-state index in [0.29, 0.717) is 11.8 Å². The zero-order chi connectivity index (χ0) is 17.1. The molecule has 1 aliphatic heterocycles. The number of carbonyl (C=O) groups excluding carboxylic acids is 2. The minimum absolute atomic E-state index is 0.0558. The molecule has 2 amide bonds. The van der Waals surface area contributed by atoms with Crippen molar-refractivity contribution in [3.8, 4) is 23.8 Å². The Labute approximate surface area is 134 Å². The topological polar surface area (TPSA) is 113 Å². The Morgan fingerprint density at radius 3 is 2.74 bits per heavy atom. The quantitative estimate of drug-likeness (QED) is 0.354. The molecule has 9 heteroatoms. The van der Waals surface area contributed by atoms with E-state index in [0.717, 1.165) is 11.0 Å². The molecule has 0 bridgehead atoms. The Bertz CT molecular complexity index is 780. The van der Waals surface area contributed by atoms with Gasteiger partial charge in [-0.1, -0.05) is 5.92 Å². The Kier molecular flexibility index (Phi) is 4.57. The molecule has 0 aromatic heterocycles. The highest BCUT2D eigenvalue weighted by atomic mass is 32.2. The minimum Gasteiger partial charge on any atom is -0.865 e. The van der Waals surface area contributed by atoms with Crippen LogP contribution in [0.15, 0.2) is 17.0 Å². The summed E-state index contributed by atoms with van der Waals surface area (Å²) in [6.07, 6.45) is 6.36. The van der Waals surface area contributed by atoms with Crippen LogP contribution in [0.3, 0.4) is 0 Å². The molecule has 1 fully saturated rings. The lowest BCUT2D eigenvalue weighted by Crippen LogP contribution is -2.28. The van der Waals surface area contributed by atoms with Crippen molar-refractivity contribution >= 4 is 34.7 Å². The van der Waals surface area contributed by atoms with E-state index in [1.807, 2.05) is 0 Å². The third-order valence-electron chi connectivity index (χ3n) is 2.89. The number of terminal acetylenes is 1. The lowest BCUT2D eigenvalue weighted by Gasteiger charge is -2.13. The van der Waals surface area contributed by atoms with Gasteiger partial charge in [0.1, 0.15) is 5.75 Å². The average Bonchev–Trinajstić information content (AvgIpc) is 2.76. The molecule has 0 unspecified atom stereocenters. The highest BCUT2D eigenvalue weighted by Crippen LogP contribution is 2.37. The Balaban J connectivity index is 2.46. The van der Waals surface area contributed by atoms with Crippen LogP contribution < -0.4 is 9.84 Å². The molecule has 0 radical (unpaired) electrons. The van der Waals surface area contributed by atoms with Gasteiger partial charge < -0.3 is 9.84 Å². The van der Waals surface area contributed by atoms with Crippen LogP contribution in [0.1, 0.15) is 5.56 Å². The van der Waals surface area contributed by atoms with Crippen LogP contribution in [0.4, 0.5) is 10.5 Å². The molecular formula is C14H9N2O6S-. The fourth-order valence-corrected chi connectivity index (χ4v) is 2.70. The number of methoxy groups -OCH3 is 1. The first kappa shape index (κ1) is 16.4. The summed E-state index contributed by atoms with van der Waals surface area (Å²) in [5.41, 5.74) is -0.488. The van der Waals surface area contributed by atoms with E-state index in [2.05, 4.69) is 5.92 Å². The van der Waals surface area contributed by atoms with Crippen molar-refractivity contribution in [2.24, 2.45) is 0 Å². The smallest absolute Gasteiger partial charge is 0.294 e. The number of hydrogen-bond acceptors (Lipinski definition) is 7. The van der Waals surface area contributed by atoms with Gasteiger partial charge in [-0.3, -0.25) is 24.6 Å². The normalized spacial score (nSPS) is 15.8. The van der Waals surface area contributed by atoms with E-state index in [4.69, 9.17) is 11.2 Å². The fraction of sp³-hybridized carbons (Fsp3) is 0.143. The Hall–Kier alpha value is -2.99. The Morgan fingerprint density at radius 2 is 2.17 bits per heavy atom. The molecule has 1 aromatic carbocycles. The van der Waals surface area contributed by atoms with E-state index in [1.165, 1.54) is 19.3 Å². The lowest BCUT2D eigenvalue weighted by molar-refractivity contribution is -0.398. The number of amides is 2. The highest BCUT2D eigenvalue weighted by Gasteiger charge is 2.34. The number of ether oxygens (including phenoxy) is 1. The van der Waals surface area contributed by atoms with E-state index in [1.54, 1.807) is 0 Å². The van der Waals surface area contributed by atoms with Crippen LogP contribution in [0.2, 0.25) is 0 Å². The van der Waals surface area contributed by atoms with Gasteiger partial charge in [-0.15, -0.1) is 6.42 Å². The maximum atomic E-state index is 12.0. The van der Waals surface area contributed by atoms with E-state index in [-0.39, 0.29) is 22.8 Å². The maximum Gasteiger partial charge on any atom is 0.294 e. The number of hydrogen-bond donors (Lipinski definition) is 0. The first-order chi connectivity index (χ1) is 10.9.